The van der Waals surface area contributed by atoms with Crippen molar-refractivity contribution >= 4 is 60.2 Å². The molecular weight excluding hydrogens is 585 g/mol. The number of rotatable bonds is 8. The molecule has 2 aromatic carbocycles. The van der Waals surface area contributed by atoms with Crippen molar-refractivity contribution < 1.29 is 9.47 Å². The summed E-state index contributed by atoms with van der Waals surface area (Å²) >= 11 is 10.9. The molecule has 0 bridgehead atoms. The van der Waals surface area contributed by atoms with Crippen LogP contribution in [0.2, 0.25) is 0 Å². The van der Waals surface area contributed by atoms with Gasteiger partial charge >= 0.3 is 0 Å². The Bertz CT molecular complexity index is 763. The van der Waals surface area contributed by atoms with Gasteiger partial charge in [-0.15, -0.1) is 12.4 Å². The van der Waals surface area contributed by atoms with Crippen molar-refractivity contribution in [1.82, 2.24) is 5.32 Å². The van der Waals surface area contributed by atoms with E-state index in [-0.39, 0.29) is 12.4 Å². The van der Waals surface area contributed by atoms with E-state index in [1.165, 1.54) is 11.1 Å². The molecule has 1 N–H and O–H groups in total. The fourth-order valence-corrected chi connectivity index (χ4v) is 4.98. The van der Waals surface area contributed by atoms with E-state index < -0.39 is 0 Å². The Morgan fingerprint density at radius 1 is 1.21 bits per heavy atom. The van der Waals surface area contributed by atoms with Gasteiger partial charge in [0.15, 0.2) is 11.5 Å². The van der Waals surface area contributed by atoms with Crippen LogP contribution in [0.5, 0.6) is 11.5 Å². The molecule has 1 saturated heterocycles. The molecule has 0 radical (unpaired) electrons. The summed E-state index contributed by atoms with van der Waals surface area (Å²) in [4.78, 5) is 0.385. The van der Waals surface area contributed by atoms with Crippen LogP contribution in [0.4, 0.5) is 0 Å². The molecule has 29 heavy (non-hydrogen) atoms. The van der Waals surface area contributed by atoms with Gasteiger partial charge in [-0.25, -0.2) is 0 Å². The monoisotopic (exact) mass is 609 g/mol. The second-order valence-corrected chi connectivity index (χ2v) is 9.94. The third-order valence-electron chi connectivity index (χ3n) is 5.19. The van der Waals surface area contributed by atoms with Crippen molar-refractivity contribution in [2.45, 2.75) is 23.6 Å². The number of nitrogens with one attached hydrogen (secondary N) is 1. The minimum atomic E-state index is 0. The van der Waals surface area contributed by atoms with Crippen LogP contribution in [-0.2, 0) is 6.42 Å². The standard InChI is InChI=1S/C22H26Br3NO2.ClH/c1-27-21-11-15(9-18(24)12-23)10-20(25)22(21)28-14-17-13-26-8-7-19(17)16-5-3-2-4-6-16;/h2-6,10-11,17-19,26H,7-9,12-14H2,1H3;1H/t17-,18?,19-;/m0./s1. The third-order valence-corrected chi connectivity index (χ3v) is 8.08. The maximum Gasteiger partial charge on any atom is 0.175 e. The van der Waals surface area contributed by atoms with Crippen molar-refractivity contribution in [3.05, 3.63) is 58.1 Å². The summed E-state index contributed by atoms with van der Waals surface area (Å²) in [7, 11) is 1.70. The molecule has 1 heterocycles. The van der Waals surface area contributed by atoms with Gasteiger partial charge in [-0.3, -0.25) is 0 Å². The summed E-state index contributed by atoms with van der Waals surface area (Å²) in [6.45, 7) is 2.68. The van der Waals surface area contributed by atoms with Crippen molar-refractivity contribution in [3.63, 3.8) is 0 Å². The van der Waals surface area contributed by atoms with E-state index in [4.69, 9.17) is 9.47 Å². The zero-order chi connectivity index (χ0) is 19.9. The van der Waals surface area contributed by atoms with E-state index in [0.717, 1.165) is 47.2 Å². The molecule has 1 aliphatic heterocycles. The number of halogens is 4. The summed E-state index contributed by atoms with van der Waals surface area (Å²) in [6.07, 6.45) is 2.05. The molecule has 0 aromatic heterocycles. The van der Waals surface area contributed by atoms with Crippen LogP contribution in [-0.4, -0.2) is 37.0 Å². The van der Waals surface area contributed by atoms with Gasteiger partial charge < -0.3 is 14.8 Å². The highest BCUT2D eigenvalue weighted by Gasteiger charge is 2.27. The molecule has 0 spiro atoms. The Morgan fingerprint density at radius 3 is 2.66 bits per heavy atom. The SMILES string of the molecule is COc1cc(CC(Br)CBr)cc(Br)c1OC[C@@H]1CNCC[C@H]1c1ccccc1.Cl. The summed E-state index contributed by atoms with van der Waals surface area (Å²) in [5.41, 5.74) is 2.61. The maximum absolute atomic E-state index is 6.30. The van der Waals surface area contributed by atoms with Crippen LogP contribution in [0.15, 0.2) is 46.9 Å². The van der Waals surface area contributed by atoms with Crippen LogP contribution in [0.1, 0.15) is 23.5 Å². The Kier molecular flexibility index (Phi) is 10.8. The molecule has 1 unspecified atom stereocenters. The highest BCUT2D eigenvalue weighted by atomic mass is 79.9. The first kappa shape index (κ1) is 25.0. The van der Waals surface area contributed by atoms with E-state index in [0.29, 0.717) is 23.3 Å². The Labute approximate surface area is 205 Å². The average molecular weight is 613 g/mol. The summed E-state index contributed by atoms with van der Waals surface area (Å²) < 4.78 is 12.9. The van der Waals surface area contributed by atoms with Crippen LogP contribution < -0.4 is 14.8 Å². The first-order valence-corrected chi connectivity index (χ1v) is 12.4. The molecule has 0 amide bonds. The fourth-order valence-electron chi connectivity index (χ4n) is 3.77. The average Bonchev–Trinajstić information content (AvgIpc) is 2.73. The predicted molar refractivity (Wildman–Crippen MR) is 134 cm³/mol. The smallest absolute Gasteiger partial charge is 0.175 e. The summed E-state index contributed by atoms with van der Waals surface area (Å²) in [5, 5.41) is 4.42. The Hall–Kier alpha value is -0.270. The van der Waals surface area contributed by atoms with Crippen LogP contribution in [0, 0.1) is 5.92 Å². The molecule has 2 aromatic rings. The molecule has 1 aliphatic rings. The molecule has 3 nitrogen and oxygen atoms in total. The number of alkyl halides is 2. The minimum Gasteiger partial charge on any atom is -0.493 e. The number of benzene rings is 2. The largest absolute Gasteiger partial charge is 0.493 e. The van der Waals surface area contributed by atoms with Gasteiger partial charge in [-0.05, 0) is 64.5 Å². The lowest BCUT2D eigenvalue weighted by Gasteiger charge is -2.32. The third kappa shape index (κ3) is 6.86. The van der Waals surface area contributed by atoms with Gasteiger partial charge in [-0.2, -0.15) is 0 Å². The van der Waals surface area contributed by atoms with Gasteiger partial charge in [0.05, 0.1) is 18.2 Å². The molecule has 3 rings (SSSR count). The van der Waals surface area contributed by atoms with Gasteiger partial charge in [0.25, 0.3) is 0 Å². The van der Waals surface area contributed by atoms with Gasteiger partial charge in [0.2, 0.25) is 0 Å². The number of methoxy groups -OCH3 is 1. The molecular formula is C22H27Br3ClNO2. The quantitative estimate of drug-likeness (QED) is 0.353. The molecule has 7 heteroatoms. The van der Waals surface area contributed by atoms with E-state index in [1.54, 1.807) is 7.11 Å². The van der Waals surface area contributed by atoms with Crippen LogP contribution in [0.3, 0.4) is 0 Å². The van der Waals surface area contributed by atoms with E-state index in [1.807, 2.05) is 0 Å². The topological polar surface area (TPSA) is 30.5 Å². The zero-order valence-corrected chi connectivity index (χ0v) is 21.9. The molecule has 1 fully saturated rings. The maximum atomic E-state index is 6.30. The van der Waals surface area contributed by atoms with Gasteiger partial charge in [0.1, 0.15) is 0 Å². The zero-order valence-electron chi connectivity index (χ0n) is 16.4. The lowest BCUT2D eigenvalue weighted by atomic mass is 9.81. The number of hydrogen-bond acceptors (Lipinski definition) is 3. The van der Waals surface area contributed by atoms with Crippen molar-refractivity contribution in [2.75, 3.05) is 32.1 Å². The Morgan fingerprint density at radius 2 is 1.97 bits per heavy atom. The second kappa shape index (κ2) is 12.6. The molecule has 0 aliphatic carbocycles. The van der Waals surface area contributed by atoms with Gasteiger partial charge in [-0.1, -0.05) is 62.2 Å². The van der Waals surface area contributed by atoms with E-state index in [2.05, 4.69) is 95.6 Å². The summed E-state index contributed by atoms with van der Waals surface area (Å²) in [5.74, 6) is 2.50. The number of hydrogen-bond donors (Lipinski definition) is 1. The minimum absolute atomic E-state index is 0. The fraction of sp³-hybridized carbons (Fsp3) is 0.455. The van der Waals surface area contributed by atoms with Crippen LogP contribution in [0.25, 0.3) is 0 Å². The van der Waals surface area contributed by atoms with Crippen LogP contribution >= 0.6 is 60.2 Å². The Balaban J connectivity index is 0.00000300. The number of piperidine rings is 1. The van der Waals surface area contributed by atoms with Gasteiger partial charge in [0, 0.05) is 22.6 Å². The van der Waals surface area contributed by atoms with Crippen molar-refractivity contribution in [1.29, 1.82) is 0 Å². The lowest BCUT2D eigenvalue weighted by molar-refractivity contribution is 0.190. The highest BCUT2D eigenvalue weighted by molar-refractivity contribution is 9.12. The highest BCUT2D eigenvalue weighted by Crippen LogP contribution is 2.39. The van der Waals surface area contributed by atoms with E-state index >= 15 is 0 Å². The first-order valence-electron chi connectivity index (χ1n) is 9.57. The first-order chi connectivity index (χ1) is 13.6. The van der Waals surface area contributed by atoms with Crippen molar-refractivity contribution in [3.8, 4) is 11.5 Å². The second-order valence-electron chi connectivity index (χ2n) is 7.15. The van der Waals surface area contributed by atoms with E-state index in [9.17, 15) is 0 Å². The number of ether oxygens (including phenoxy) is 2. The van der Waals surface area contributed by atoms with Crippen molar-refractivity contribution in [2.24, 2.45) is 5.92 Å². The normalized spacial score (nSPS) is 19.9. The molecule has 3 atom stereocenters. The predicted octanol–water partition coefficient (Wildman–Crippen LogP) is 6.35. The molecule has 0 saturated carbocycles. The molecule has 160 valence electrons. The lowest BCUT2D eigenvalue weighted by Crippen LogP contribution is -2.38. The summed E-state index contributed by atoms with van der Waals surface area (Å²) in [6, 6.07) is 15.0.